The molecule has 2 unspecified atom stereocenters. The quantitative estimate of drug-likeness (QED) is 0.538. The van der Waals surface area contributed by atoms with Crippen LogP contribution in [0.3, 0.4) is 0 Å². The van der Waals surface area contributed by atoms with Crippen molar-refractivity contribution in [1.82, 2.24) is 10.2 Å². The number of aliphatic hydroxyl groups is 1. The van der Waals surface area contributed by atoms with E-state index in [1.807, 2.05) is 11.8 Å². The minimum atomic E-state index is -0.618. The van der Waals surface area contributed by atoms with Gasteiger partial charge >= 0.3 is 0 Å². The van der Waals surface area contributed by atoms with Gasteiger partial charge in [-0.15, -0.1) is 0 Å². The predicted octanol–water partition coefficient (Wildman–Crippen LogP) is 1.87. The van der Waals surface area contributed by atoms with Crippen molar-refractivity contribution in [3.63, 3.8) is 0 Å². The molecule has 150 valence electrons. The largest absolute Gasteiger partial charge is 0.387 e. The number of aliphatic imine (C=N–C) groups is 1. The number of ether oxygens (including phenoxy) is 2. The maximum Gasteiger partial charge on any atom is 0.194 e. The lowest BCUT2D eigenvalue weighted by Gasteiger charge is -2.35. The molecule has 0 aromatic rings. The van der Waals surface area contributed by atoms with Gasteiger partial charge in [0.2, 0.25) is 0 Å². The Bertz CT molecular complexity index is 443. The lowest BCUT2D eigenvalue weighted by Crippen LogP contribution is -2.48. The minimum Gasteiger partial charge on any atom is -0.387 e. The second kappa shape index (κ2) is 10.2. The van der Waals surface area contributed by atoms with E-state index in [9.17, 15) is 5.11 Å². The fourth-order valence-electron chi connectivity index (χ4n) is 3.79. The third-order valence-electron chi connectivity index (χ3n) is 5.47. The van der Waals surface area contributed by atoms with Gasteiger partial charge in [0, 0.05) is 32.0 Å². The first kappa shape index (κ1) is 20.2. The fraction of sp³-hybridized carbons (Fsp3) is 0.947. The lowest BCUT2D eigenvalue weighted by molar-refractivity contribution is -0.0721. The highest BCUT2D eigenvalue weighted by molar-refractivity contribution is 7.99. The van der Waals surface area contributed by atoms with Crippen molar-refractivity contribution >= 4 is 17.7 Å². The van der Waals surface area contributed by atoms with E-state index in [4.69, 9.17) is 14.5 Å². The van der Waals surface area contributed by atoms with Gasteiger partial charge in [-0.3, -0.25) is 4.99 Å². The molecule has 3 aliphatic rings. The molecular formula is C19H35N3O3S. The minimum absolute atomic E-state index is 0.297. The highest BCUT2D eigenvalue weighted by Gasteiger charge is 2.32. The van der Waals surface area contributed by atoms with E-state index in [2.05, 4.69) is 17.1 Å². The van der Waals surface area contributed by atoms with Crippen LogP contribution in [0.25, 0.3) is 0 Å². The summed E-state index contributed by atoms with van der Waals surface area (Å²) >= 11 is 1.82. The van der Waals surface area contributed by atoms with Crippen LogP contribution in [0.5, 0.6) is 0 Å². The molecule has 0 aromatic carbocycles. The van der Waals surface area contributed by atoms with Gasteiger partial charge in [0.1, 0.15) is 0 Å². The monoisotopic (exact) mass is 385 g/mol. The molecule has 7 heteroatoms. The Labute approximate surface area is 162 Å². The first-order valence-electron chi connectivity index (χ1n) is 10.2. The summed E-state index contributed by atoms with van der Waals surface area (Å²) in [6, 6.07) is 0. The molecule has 0 spiro atoms. The molecule has 0 saturated carbocycles. The molecule has 3 aliphatic heterocycles. The van der Waals surface area contributed by atoms with Crippen molar-refractivity contribution in [3.05, 3.63) is 0 Å². The van der Waals surface area contributed by atoms with Crippen LogP contribution in [-0.4, -0.2) is 84.7 Å². The van der Waals surface area contributed by atoms with Gasteiger partial charge < -0.3 is 24.8 Å². The van der Waals surface area contributed by atoms with Crippen LogP contribution in [-0.2, 0) is 9.47 Å². The van der Waals surface area contributed by atoms with Crippen molar-refractivity contribution in [2.24, 2.45) is 4.99 Å². The number of thioether (sulfide) groups is 1. The summed E-state index contributed by atoms with van der Waals surface area (Å²) in [4.78, 5) is 7.05. The molecule has 3 fully saturated rings. The third-order valence-corrected chi connectivity index (χ3v) is 6.71. The highest BCUT2D eigenvalue weighted by Crippen LogP contribution is 2.28. The van der Waals surface area contributed by atoms with Crippen molar-refractivity contribution in [1.29, 1.82) is 0 Å². The van der Waals surface area contributed by atoms with Crippen LogP contribution in [0.4, 0.5) is 0 Å². The number of piperidine rings is 1. The molecule has 0 amide bonds. The topological polar surface area (TPSA) is 66.3 Å². The van der Waals surface area contributed by atoms with Crippen molar-refractivity contribution in [2.75, 3.05) is 50.9 Å². The Morgan fingerprint density at radius 2 is 2.19 bits per heavy atom. The smallest absolute Gasteiger partial charge is 0.194 e. The summed E-state index contributed by atoms with van der Waals surface area (Å²) in [5.74, 6) is 2.78. The Kier molecular flexibility index (Phi) is 7.91. The summed E-state index contributed by atoms with van der Waals surface area (Å²) in [6.07, 6.45) is 7.11. The Morgan fingerprint density at radius 1 is 1.35 bits per heavy atom. The molecule has 2 atom stereocenters. The Morgan fingerprint density at radius 3 is 2.85 bits per heavy atom. The summed E-state index contributed by atoms with van der Waals surface area (Å²) in [5.41, 5.74) is -0.618. The number of hydrogen-bond acceptors (Lipinski definition) is 5. The van der Waals surface area contributed by atoms with E-state index in [0.29, 0.717) is 18.8 Å². The van der Waals surface area contributed by atoms with E-state index in [-0.39, 0.29) is 0 Å². The second-order valence-electron chi connectivity index (χ2n) is 7.71. The average molecular weight is 386 g/mol. The predicted molar refractivity (Wildman–Crippen MR) is 107 cm³/mol. The second-order valence-corrected chi connectivity index (χ2v) is 8.81. The summed E-state index contributed by atoms with van der Waals surface area (Å²) in [7, 11) is 0. The first-order chi connectivity index (χ1) is 12.7. The van der Waals surface area contributed by atoms with Crippen LogP contribution >= 0.6 is 11.8 Å². The molecule has 0 aromatic heterocycles. The average Bonchev–Trinajstić information content (AvgIpc) is 3.12. The summed E-state index contributed by atoms with van der Waals surface area (Å²) in [5, 5.41) is 13.9. The van der Waals surface area contributed by atoms with E-state index in [0.717, 1.165) is 76.0 Å². The first-order valence-corrected chi connectivity index (χ1v) is 11.4. The fourth-order valence-corrected chi connectivity index (χ4v) is 5.07. The zero-order valence-corrected chi connectivity index (χ0v) is 16.9. The third kappa shape index (κ3) is 6.01. The standard InChI is InChI=1S/C19H35N3O3S/c1-2-20-18(21-14-19(23)8-12-26-15-19)22-9-6-16(7-10-22)25-13-17-5-3-4-11-24-17/h16-17,23H,2-15H2,1H3,(H,20,21). The molecular weight excluding hydrogens is 350 g/mol. The van der Waals surface area contributed by atoms with Crippen LogP contribution in [0.2, 0.25) is 0 Å². The van der Waals surface area contributed by atoms with Gasteiger partial charge in [-0.05, 0) is 51.2 Å². The van der Waals surface area contributed by atoms with Gasteiger partial charge in [-0.1, -0.05) is 0 Å². The number of guanidine groups is 1. The summed E-state index contributed by atoms with van der Waals surface area (Å²) < 4.78 is 11.9. The van der Waals surface area contributed by atoms with E-state index < -0.39 is 5.60 Å². The van der Waals surface area contributed by atoms with Crippen LogP contribution in [0, 0.1) is 0 Å². The molecule has 0 radical (unpaired) electrons. The molecule has 2 N–H and O–H groups in total. The lowest BCUT2D eigenvalue weighted by atomic mass is 10.0. The molecule has 0 bridgehead atoms. The highest BCUT2D eigenvalue weighted by atomic mass is 32.2. The zero-order chi connectivity index (χ0) is 18.2. The van der Waals surface area contributed by atoms with Crippen LogP contribution < -0.4 is 5.32 Å². The van der Waals surface area contributed by atoms with Crippen molar-refractivity contribution in [3.8, 4) is 0 Å². The summed E-state index contributed by atoms with van der Waals surface area (Å²) in [6.45, 7) is 6.97. The number of nitrogens with zero attached hydrogens (tertiary/aromatic N) is 2. The number of rotatable bonds is 6. The molecule has 26 heavy (non-hydrogen) atoms. The van der Waals surface area contributed by atoms with Crippen molar-refractivity contribution in [2.45, 2.75) is 63.3 Å². The van der Waals surface area contributed by atoms with E-state index in [1.165, 1.54) is 12.8 Å². The zero-order valence-electron chi connectivity index (χ0n) is 16.1. The van der Waals surface area contributed by atoms with Gasteiger partial charge in [0.25, 0.3) is 0 Å². The van der Waals surface area contributed by atoms with E-state index in [1.54, 1.807) is 0 Å². The molecule has 6 nitrogen and oxygen atoms in total. The SMILES string of the molecule is CCNC(=NCC1(O)CCSC1)N1CCC(OCC2CCCCO2)CC1. The maximum atomic E-state index is 10.5. The number of hydrogen-bond donors (Lipinski definition) is 2. The van der Waals surface area contributed by atoms with Gasteiger partial charge in [0.15, 0.2) is 5.96 Å². The molecule has 3 saturated heterocycles. The molecule has 3 rings (SSSR count). The van der Waals surface area contributed by atoms with Crippen molar-refractivity contribution < 1.29 is 14.6 Å². The maximum absolute atomic E-state index is 10.5. The van der Waals surface area contributed by atoms with Gasteiger partial charge in [0.05, 0.1) is 31.0 Å². The molecule has 0 aliphatic carbocycles. The number of likely N-dealkylation sites (tertiary alicyclic amines) is 1. The van der Waals surface area contributed by atoms with Crippen LogP contribution in [0.15, 0.2) is 4.99 Å². The van der Waals surface area contributed by atoms with Crippen LogP contribution in [0.1, 0.15) is 45.4 Å². The van der Waals surface area contributed by atoms with Gasteiger partial charge in [-0.25, -0.2) is 0 Å². The van der Waals surface area contributed by atoms with E-state index >= 15 is 0 Å². The number of nitrogens with one attached hydrogen (secondary N) is 1. The van der Waals surface area contributed by atoms with Gasteiger partial charge in [-0.2, -0.15) is 11.8 Å². The molecule has 3 heterocycles. The Balaban J connectivity index is 1.43. The normalized spacial score (nSPS) is 31.4. The Hall–Kier alpha value is -0.500.